The molecule has 182 valence electrons. The molecule has 33 heavy (non-hydrogen) atoms. The van der Waals surface area contributed by atoms with Crippen molar-refractivity contribution in [2.24, 2.45) is 0 Å². The highest BCUT2D eigenvalue weighted by atomic mass is 16.5. The predicted octanol–water partition coefficient (Wildman–Crippen LogP) is 4.86. The number of nitrogens with one attached hydrogen (secondary N) is 1. The number of benzene rings is 1. The number of unbranched alkanes of at least 4 members (excludes halogenated alkanes) is 3. The Bertz CT molecular complexity index is 915. The van der Waals surface area contributed by atoms with Gasteiger partial charge in [0.15, 0.2) is 0 Å². The molecule has 0 saturated carbocycles. The molecule has 7 heteroatoms. The number of rotatable bonds is 12. The number of hydrogen-bond acceptors (Lipinski definition) is 4. The SMILES string of the molecule is CCCCCCC(=O)N(CCOC)CC(=O)Nc1cc(C(C)(C)C)nn1-c1cccc(C)c1. The molecule has 1 heterocycles. The van der Waals surface area contributed by atoms with Gasteiger partial charge in [-0.05, 0) is 31.0 Å². The van der Waals surface area contributed by atoms with Crippen LogP contribution in [0.1, 0.15) is 71.1 Å². The normalized spacial score (nSPS) is 11.5. The fraction of sp³-hybridized carbons (Fsp3) is 0.577. The van der Waals surface area contributed by atoms with Crippen molar-refractivity contribution in [2.75, 3.05) is 32.1 Å². The maximum Gasteiger partial charge on any atom is 0.245 e. The molecule has 0 spiro atoms. The smallest absolute Gasteiger partial charge is 0.245 e. The van der Waals surface area contributed by atoms with Gasteiger partial charge in [0.25, 0.3) is 0 Å². The van der Waals surface area contributed by atoms with Crippen LogP contribution in [0.2, 0.25) is 0 Å². The standard InChI is InChI=1S/C26H40N4O3/c1-7-8-9-10-14-25(32)29(15-16-33-6)19-24(31)27-23-18-22(26(3,4)5)28-30(23)21-13-11-12-20(2)17-21/h11-13,17-18H,7-10,14-16,19H2,1-6H3,(H,27,31). The van der Waals surface area contributed by atoms with E-state index in [2.05, 4.69) is 33.0 Å². The molecule has 0 fully saturated rings. The third-order valence-electron chi connectivity index (χ3n) is 5.49. The predicted molar refractivity (Wildman–Crippen MR) is 133 cm³/mol. The molecule has 0 aliphatic heterocycles. The number of hydrogen-bond donors (Lipinski definition) is 1. The van der Waals surface area contributed by atoms with Gasteiger partial charge in [0.2, 0.25) is 11.8 Å². The second kappa shape index (κ2) is 12.5. The van der Waals surface area contributed by atoms with Crippen molar-refractivity contribution in [3.05, 3.63) is 41.6 Å². The van der Waals surface area contributed by atoms with E-state index in [1.807, 2.05) is 37.3 Å². The summed E-state index contributed by atoms with van der Waals surface area (Å²) in [7, 11) is 1.60. The van der Waals surface area contributed by atoms with E-state index in [1.54, 1.807) is 16.7 Å². The quantitative estimate of drug-likeness (QED) is 0.463. The fourth-order valence-electron chi connectivity index (χ4n) is 3.50. The molecule has 0 atom stereocenters. The van der Waals surface area contributed by atoms with E-state index in [0.717, 1.165) is 42.6 Å². The zero-order valence-corrected chi connectivity index (χ0v) is 21.1. The molecule has 0 aliphatic carbocycles. The first-order valence-corrected chi connectivity index (χ1v) is 11.9. The van der Waals surface area contributed by atoms with Gasteiger partial charge in [-0.3, -0.25) is 9.59 Å². The van der Waals surface area contributed by atoms with Gasteiger partial charge < -0.3 is 15.0 Å². The number of aryl methyl sites for hydroxylation is 1. The van der Waals surface area contributed by atoms with E-state index in [9.17, 15) is 9.59 Å². The lowest BCUT2D eigenvalue weighted by Gasteiger charge is -2.22. The maximum atomic E-state index is 13.0. The van der Waals surface area contributed by atoms with E-state index in [1.165, 1.54) is 0 Å². The van der Waals surface area contributed by atoms with Crippen LogP contribution in [0.4, 0.5) is 5.82 Å². The lowest BCUT2D eigenvalue weighted by molar-refractivity contribution is -0.135. The Labute approximate surface area is 198 Å². The van der Waals surface area contributed by atoms with Gasteiger partial charge in [-0.2, -0.15) is 5.10 Å². The Hall–Kier alpha value is -2.67. The lowest BCUT2D eigenvalue weighted by Crippen LogP contribution is -2.40. The van der Waals surface area contributed by atoms with Crippen LogP contribution in [-0.4, -0.2) is 53.3 Å². The average Bonchev–Trinajstić information content (AvgIpc) is 3.18. The minimum Gasteiger partial charge on any atom is -0.383 e. The summed E-state index contributed by atoms with van der Waals surface area (Å²) in [5.74, 6) is 0.334. The second-order valence-electron chi connectivity index (χ2n) is 9.58. The zero-order valence-electron chi connectivity index (χ0n) is 21.1. The van der Waals surface area contributed by atoms with Crippen molar-refractivity contribution >= 4 is 17.6 Å². The van der Waals surface area contributed by atoms with Gasteiger partial charge in [0.1, 0.15) is 5.82 Å². The molecule has 0 unspecified atom stereocenters. The van der Waals surface area contributed by atoms with Crippen LogP contribution in [0.5, 0.6) is 0 Å². The number of ether oxygens (including phenoxy) is 1. The van der Waals surface area contributed by atoms with Crippen molar-refractivity contribution in [2.45, 2.75) is 72.1 Å². The molecule has 2 aromatic rings. The highest BCUT2D eigenvalue weighted by molar-refractivity contribution is 5.94. The number of carbonyl (C=O) groups excluding carboxylic acids is 2. The molecular weight excluding hydrogens is 416 g/mol. The fourth-order valence-corrected chi connectivity index (χ4v) is 3.50. The highest BCUT2D eigenvalue weighted by Gasteiger charge is 2.23. The summed E-state index contributed by atoms with van der Waals surface area (Å²) >= 11 is 0. The van der Waals surface area contributed by atoms with Crippen LogP contribution in [0, 0.1) is 6.92 Å². The number of anilines is 1. The van der Waals surface area contributed by atoms with E-state index in [0.29, 0.717) is 25.4 Å². The Morgan fingerprint density at radius 2 is 1.91 bits per heavy atom. The Morgan fingerprint density at radius 3 is 2.55 bits per heavy atom. The molecule has 2 amide bonds. The van der Waals surface area contributed by atoms with Crippen LogP contribution in [0.25, 0.3) is 5.69 Å². The molecule has 0 aliphatic rings. The lowest BCUT2D eigenvalue weighted by atomic mass is 9.92. The summed E-state index contributed by atoms with van der Waals surface area (Å²) < 4.78 is 6.92. The van der Waals surface area contributed by atoms with Gasteiger partial charge >= 0.3 is 0 Å². The van der Waals surface area contributed by atoms with Gasteiger partial charge in [0, 0.05) is 31.6 Å². The molecule has 1 aromatic heterocycles. The van der Waals surface area contributed by atoms with Crippen molar-refractivity contribution in [3.8, 4) is 5.69 Å². The zero-order chi connectivity index (χ0) is 24.4. The number of nitrogens with zero attached hydrogens (tertiary/aromatic N) is 3. The number of carbonyl (C=O) groups is 2. The first kappa shape index (κ1) is 26.6. The number of methoxy groups -OCH3 is 1. The summed E-state index contributed by atoms with van der Waals surface area (Å²) in [5.41, 5.74) is 2.69. The molecule has 7 nitrogen and oxygen atoms in total. The summed E-state index contributed by atoms with van der Waals surface area (Å²) in [5, 5.41) is 7.76. The monoisotopic (exact) mass is 456 g/mol. The first-order valence-electron chi connectivity index (χ1n) is 11.9. The van der Waals surface area contributed by atoms with E-state index < -0.39 is 0 Å². The Balaban J connectivity index is 2.18. The minimum absolute atomic E-state index is 0.0131. The molecule has 0 bridgehead atoms. The highest BCUT2D eigenvalue weighted by Crippen LogP contribution is 2.26. The summed E-state index contributed by atoms with van der Waals surface area (Å²) in [6, 6.07) is 9.90. The molecule has 0 saturated heterocycles. The van der Waals surface area contributed by atoms with Crippen molar-refractivity contribution in [1.29, 1.82) is 0 Å². The van der Waals surface area contributed by atoms with E-state index >= 15 is 0 Å². The van der Waals surface area contributed by atoms with Gasteiger partial charge in [-0.15, -0.1) is 0 Å². The van der Waals surface area contributed by atoms with Crippen molar-refractivity contribution < 1.29 is 14.3 Å². The third-order valence-corrected chi connectivity index (χ3v) is 5.49. The topological polar surface area (TPSA) is 76.5 Å². The van der Waals surface area contributed by atoms with Gasteiger partial charge in [-0.25, -0.2) is 4.68 Å². The maximum absolute atomic E-state index is 13.0. The average molecular weight is 457 g/mol. The van der Waals surface area contributed by atoms with Crippen molar-refractivity contribution in [3.63, 3.8) is 0 Å². The molecule has 1 N–H and O–H groups in total. The Morgan fingerprint density at radius 1 is 1.15 bits per heavy atom. The molecule has 0 radical (unpaired) electrons. The van der Waals surface area contributed by atoms with Crippen LogP contribution >= 0.6 is 0 Å². The summed E-state index contributed by atoms with van der Waals surface area (Å²) in [4.78, 5) is 27.3. The van der Waals surface area contributed by atoms with Crippen molar-refractivity contribution in [1.82, 2.24) is 14.7 Å². The van der Waals surface area contributed by atoms with Crippen LogP contribution in [0.3, 0.4) is 0 Å². The van der Waals surface area contributed by atoms with E-state index in [-0.39, 0.29) is 23.8 Å². The van der Waals surface area contributed by atoms with E-state index in [4.69, 9.17) is 9.84 Å². The molecule has 2 rings (SSSR count). The minimum atomic E-state index is -0.248. The van der Waals surface area contributed by atoms with Crippen LogP contribution in [0.15, 0.2) is 30.3 Å². The van der Waals surface area contributed by atoms with Gasteiger partial charge in [-0.1, -0.05) is 59.1 Å². The summed E-state index contributed by atoms with van der Waals surface area (Å²) in [6.45, 7) is 11.2. The number of amides is 2. The molecular formula is C26H40N4O3. The summed E-state index contributed by atoms with van der Waals surface area (Å²) in [6.07, 6.45) is 4.55. The van der Waals surface area contributed by atoms with Crippen LogP contribution in [-0.2, 0) is 19.7 Å². The second-order valence-corrected chi connectivity index (χ2v) is 9.58. The first-order chi connectivity index (χ1) is 15.7. The van der Waals surface area contributed by atoms with Gasteiger partial charge in [0.05, 0.1) is 24.5 Å². The number of aromatic nitrogens is 2. The molecule has 1 aromatic carbocycles. The van der Waals surface area contributed by atoms with Crippen LogP contribution < -0.4 is 5.32 Å². The largest absolute Gasteiger partial charge is 0.383 e. The third kappa shape index (κ3) is 8.31. The Kier molecular flexibility index (Phi) is 10.1.